The SMILES string of the molecule is C/C(=N/Nc1nc2ccccc2n1C(=S)Nc1ccccc1)c1ccc(F)cc1. The van der Waals surface area contributed by atoms with Gasteiger partial charge in [-0.05, 0) is 61.1 Å². The lowest BCUT2D eigenvalue weighted by atomic mass is 10.1. The van der Waals surface area contributed by atoms with E-state index >= 15 is 0 Å². The fourth-order valence-corrected chi connectivity index (χ4v) is 3.20. The molecule has 3 aromatic carbocycles. The Bertz CT molecular complexity index is 1180. The Morgan fingerprint density at radius 3 is 2.41 bits per heavy atom. The molecule has 1 aromatic heterocycles. The second-order valence-corrected chi connectivity index (χ2v) is 6.76. The van der Waals surface area contributed by atoms with Gasteiger partial charge in [0.15, 0.2) is 5.11 Å². The molecule has 1 heterocycles. The van der Waals surface area contributed by atoms with E-state index in [9.17, 15) is 4.39 Å². The zero-order valence-electron chi connectivity index (χ0n) is 15.6. The van der Waals surface area contributed by atoms with Crippen molar-refractivity contribution in [3.05, 3.63) is 90.2 Å². The molecule has 4 aromatic rings. The summed E-state index contributed by atoms with van der Waals surface area (Å²) in [5.41, 5.74) is 7.05. The van der Waals surface area contributed by atoms with Crippen LogP contribution in [-0.2, 0) is 0 Å². The van der Waals surface area contributed by atoms with Crippen LogP contribution < -0.4 is 10.7 Å². The number of anilines is 2. The fourth-order valence-electron chi connectivity index (χ4n) is 2.90. The summed E-state index contributed by atoms with van der Waals surface area (Å²) in [4.78, 5) is 4.61. The first-order valence-electron chi connectivity index (χ1n) is 9.02. The molecule has 0 bridgehead atoms. The standard InChI is InChI=1S/C22H18FN5S/c1-15(16-11-13-17(23)14-12-16)26-27-21-25-19-9-5-6-10-20(19)28(21)22(29)24-18-7-3-2-4-8-18/h2-14H,1H3,(H,24,29)(H,25,27)/b26-15-. The van der Waals surface area contributed by atoms with Crippen LogP contribution in [-0.4, -0.2) is 20.4 Å². The van der Waals surface area contributed by atoms with Crippen LogP contribution in [0.15, 0.2) is 84.0 Å². The summed E-state index contributed by atoms with van der Waals surface area (Å²) in [7, 11) is 0. The van der Waals surface area contributed by atoms with Crippen molar-refractivity contribution >= 4 is 45.7 Å². The number of thiocarbonyl (C=S) groups is 1. The van der Waals surface area contributed by atoms with Crippen molar-refractivity contribution in [1.29, 1.82) is 0 Å². The summed E-state index contributed by atoms with van der Waals surface area (Å²) in [6.07, 6.45) is 0. The minimum Gasteiger partial charge on any atom is -0.332 e. The Balaban J connectivity index is 1.67. The highest BCUT2D eigenvalue weighted by Crippen LogP contribution is 2.21. The number of nitrogens with one attached hydrogen (secondary N) is 2. The highest BCUT2D eigenvalue weighted by atomic mass is 32.1. The van der Waals surface area contributed by atoms with Crippen molar-refractivity contribution in [3.8, 4) is 0 Å². The highest BCUT2D eigenvalue weighted by Gasteiger charge is 2.14. The Hall–Kier alpha value is -3.58. The van der Waals surface area contributed by atoms with Crippen molar-refractivity contribution in [2.45, 2.75) is 6.92 Å². The number of nitrogens with zero attached hydrogens (tertiary/aromatic N) is 3. The predicted molar refractivity (Wildman–Crippen MR) is 120 cm³/mol. The molecule has 0 atom stereocenters. The highest BCUT2D eigenvalue weighted by molar-refractivity contribution is 7.80. The molecule has 0 unspecified atom stereocenters. The molecule has 2 N–H and O–H groups in total. The number of hydrogen-bond donors (Lipinski definition) is 2. The second kappa shape index (κ2) is 8.20. The van der Waals surface area contributed by atoms with E-state index in [1.165, 1.54) is 12.1 Å². The summed E-state index contributed by atoms with van der Waals surface area (Å²) in [6, 6.07) is 23.6. The maximum absolute atomic E-state index is 13.1. The number of halogens is 1. The number of fused-ring (bicyclic) bond motifs is 1. The molecule has 0 saturated heterocycles. The first-order valence-corrected chi connectivity index (χ1v) is 9.43. The van der Waals surface area contributed by atoms with Crippen molar-refractivity contribution in [1.82, 2.24) is 9.55 Å². The van der Waals surface area contributed by atoms with E-state index in [4.69, 9.17) is 12.2 Å². The molecule has 0 radical (unpaired) electrons. The summed E-state index contributed by atoms with van der Waals surface area (Å²) in [6.45, 7) is 1.84. The lowest BCUT2D eigenvalue weighted by molar-refractivity contribution is 0.628. The van der Waals surface area contributed by atoms with Crippen LogP contribution in [0, 0.1) is 5.82 Å². The number of rotatable bonds is 4. The first-order chi connectivity index (χ1) is 14.1. The smallest absolute Gasteiger partial charge is 0.231 e. The lowest BCUT2D eigenvalue weighted by Gasteiger charge is -2.12. The molecular formula is C22H18FN5S. The molecule has 0 aliphatic carbocycles. The molecule has 4 rings (SSSR count). The quantitative estimate of drug-likeness (QED) is 0.277. The zero-order valence-corrected chi connectivity index (χ0v) is 16.4. The van der Waals surface area contributed by atoms with E-state index in [0.29, 0.717) is 16.8 Å². The van der Waals surface area contributed by atoms with Crippen molar-refractivity contribution < 1.29 is 4.39 Å². The third-order valence-electron chi connectivity index (χ3n) is 4.37. The molecule has 0 fully saturated rings. The topological polar surface area (TPSA) is 54.2 Å². The Kier molecular flexibility index (Phi) is 5.31. The van der Waals surface area contributed by atoms with Crippen molar-refractivity contribution in [2.75, 3.05) is 10.7 Å². The number of benzene rings is 3. The lowest BCUT2D eigenvalue weighted by Crippen LogP contribution is -2.20. The van der Waals surface area contributed by atoms with E-state index in [1.807, 2.05) is 61.5 Å². The van der Waals surface area contributed by atoms with E-state index in [-0.39, 0.29) is 5.82 Å². The van der Waals surface area contributed by atoms with Gasteiger partial charge in [0.05, 0.1) is 16.7 Å². The summed E-state index contributed by atoms with van der Waals surface area (Å²) in [5.74, 6) is 0.203. The van der Waals surface area contributed by atoms with Crippen LogP contribution in [0.3, 0.4) is 0 Å². The van der Waals surface area contributed by atoms with E-state index in [1.54, 1.807) is 16.7 Å². The number of para-hydroxylation sites is 3. The minimum atomic E-state index is -0.284. The van der Waals surface area contributed by atoms with Crippen LogP contribution >= 0.6 is 12.2 Å². The Morgan fingerprint density at radius 2 is 1.66 bits per heavy atom. The van der Waals surface area contributed by atoms with Gasteiger partial charge in [-0.25, -0.2) is 14.8 Å². The molecule has 0 aliphatic heterocycles. The molecule has 0 amide bonds. The largest absolute Gasteiger partial charge is 0.332 e. The normalized spacial score (nSPS) is 11.4. The van der Waals surface area contributed by atoms with E-state index in [0.717, 1.165) is 22.3 Å². The number of hydrazone groups is 1. The van der Waals surface area contributed by atoms with Crippen LogP contribution in [0.5, 0.6) is 0 Å². The van der Waals surface area contributed by atoms with Crippen molar-refractivity contribution in [2.24, 2.45) is 5.10 Å². The Labute approximate surface area is 172 Å². The monoisotopic (exact) mass is 403 g/mol. The van der Waals surface area contributed by atoms with Gasteiger partial charge in [-0.2, -0.15) is 5.10 Å². The minimum absolute atomic E-state index is 0.284. The predicted octanol–water partition coefficient (Wildman–Crippen LogP) is 5.26. The van der Waals surface area contributed by atoms with Gasteiger partial charge >= 0.3 is 0 Å². The molecule has 0 aliphatic rings. The second-order valence-electron chi connectivity index (χ2n) is 6.37. The van der Waals surface area contributed by atoms with Gasteiger partial charge in [-0.1, -0.05) is 42.5 Å². The average Bonchev–Trinajstić information content (AvgIpc) is 3.12. The summed E-state index contributed by atoms with van der Waals surface area (Å²) < 4.78 is 15.0. The third-order valence-corrected chi connectivity index (χ3v) is 4.66. The van der Waals surface area contributed by atoms with Crippen LogP contribution in [0.4, 0.5) is 16.0 Å². The summed E-state index contributed by atoms with van der Waals surface area (Å²) in [5, 5.41) is 8.11. The molecule has 5 nitrogen and oxygen atoms in total. The van der Waals surface area contributed by atoms with Crippen molar-refractivity contribution in [3.63, 3.8) is 0 Å². The number of hydrogen-bond acceptors (Lipinski definition) is 4. The molecular weight excluding hydrogens is 385 g/mol. The van der Waals surface area contributed by atoms with E-state index in [2.05, 4.69) is 20.8 Å². The van der Waals surface area contributed by atoms with Gasteiger partial charge in [-0.15, -0.1) is 0 Å². The first kappa shape index (κ1) is 18.8. The maximum atomic E-state index is 13.1. The summed E-state index contributed by atoms with van der Waals surface area (Å²) >= 11 is 5.64. The van der Waals surface area contributed by atoms with Crippen LogP contribution in [0.25, 0.3) is 11.0 Å². The fraction of sp³-hybridized carbons (Fsp3) is 0.0455. The molecule has 29 heavy (non-hydrogen) atoms. The van der Waals surface area contributed by atoms with Gasteiger partial charge in [0.25, 0.3) is 0 Å². The van der Waals surface area contributed by atoms with E-state index < -0.39 is 0 Å². The zero-order chi connectivity index (χ0) is 20.2. The maximum Gasteiger partial charge on any atom is 0.231 e. The molecule has 7 heteroatoms. The number of aromatic nitrogens is 2. The molecule has 144 valence electrons. The third kappa shape index (κ3) is 4.14. The number of imidazole rings is 1. The van der Waals surface area contributed by atoms with Gasteiger partial charge in [0.1, 0.15) is 5.82 Å². The van der Waals surface area contributed by atoms with Gasteiger partial charge < -0.3 is 5.32 Å². The molecule has 0 saturated carbocycles. The van der Waals surface area contributed by atoms with Crippen LogP contribution in [0.1, 0.15) is 12.5 Å². The average molecular weight is 403 g/mol. The van der Waals surface area contributed by atoms with Crippen LogP contribution in [0.2, 0.25) is 0 Å². The Morgan fingerprint density at radius 1 is 0.966 bits per heavy atom. The van der Waals surface area contributed by atoms with Gasteiger partial charge in [-0.3, -0.25) is 4.57 Å². The van der Waals surface area contributed by atoms with Gasteiger partial charge in [0, 0.05) is 5.69 Å². The molecule has 0 spiro atoms. The van der Waals surface area contributed by atoms with Gasteiger partial charge in [0.2, 0.25) is 5.95 Å².